The van der Waals surface area contributed by atoms with Crippen molar-refractivity contribution in [2.75, 3.05) is 19.8 Å². The van der Waals surface area contributed by atoms with Crippen molar-refractivity contribution in [1.82, 2.24) is 15.8 Å². The maximum Gasteiger partial charge on any atom is 0.325 e. The summed E-state index contributed by atoms with van der Waals surface area (Å²) in [5.74, 6) is 0. The molecule has 0 aromatic rings. The van der Waals surface area contributed by atoms with E-state index in [9.17, 15) is 4.79 Å². The minimum absolute atomic E-state index is 0.731. The molecule has 1 heterocycles. The SMILES string of the molecule is O=[C]NN1CCNC1. The predicted octanol–water partition coefficient (Wildman–Crippen LogP) is -1.58. The molecule has 1 aliphatic heterocycles. The van der Waals surface area contributed by atoms with Crippen LogP contribution in [0.15, 0.2) is 0 Å². The van der Waals surface area contributed by atoms with Gasteiger partial charge in [-0.25, -0.2) is 5.01 Å². The molecule has 0 saturated carbocycles. The number of nitrogens with one attached hydrogen (secondary N) is 2. The number of hydrogen-bond acceptors (Lipinski definition) is 3. The van der Waals surface area contributed by atoms with Crippen LogP contribution in [0.3, 0.4) is 0 Å². The van der Waals surface area contributed by atoms with E-state index in [1.54, 1.807) is 11.4 Å². The van der Waals surface area contributed by atoms with Gasteiger partial charge in [0.25, 0.3) is 0 Å². The standard InChI is InChI=1S/C4H8N3O/c8-4-6-7-2-1-5-3-7/h5H,1-3H2,(H,6,8). The molecule has 2 N–H and O–H groups in total. The van der Waals surface area contributed by atoms with Gasteiger partial charge in [0, 0.05) is 13.1 Å². The minimum Gasteiger partial charge on any atom is -0.302 e. The number of carbonyl (C=O) groups excluding carboxylic acids is 1. The molecule has 0 aliphatic carbocycles. The van der Waals surface area contributed by atoms with Crippen LogP contribution in [0, 0.1) is 0 Å². The normalized spacial score (nSPS) is 21.0. The van der Waals surface area contributed by atoms with Gasteiger partial charge < -0.3 is 5.32 Å². The van der Waals surface area contributed by atoms with E-state index in [0.717, 1.165) is 19.8 Å². The maximum atomic E-state index is 9.66. The van der Waals surface area contributed by atoms with E-state index >= 15 is 0 Å². The van der Waals surface area contributed by atoms with Gasteiger partial charge in [0.15, 0.2) is 0 Å². The quantitative estimate of drug-likeness (QED) is 0.426. The lowest BCUT2D eigenvalue weighted by Crippen LogP contribution is -2.35. The number of amides is 1. The van der Waals surface area contributed by atoms with Crippen LogP contribution in [0.4, 0.5) is 0 Å². The van der Waals surface area contributed by atoms with Crippen molar-refractivity contribution in [1.29, 1.82) is 0 Å². The molecule has 1 amide bonds. The van der Waals surface area contributed by atoms with E-state index in [4.69, 9.17) is 0 Å². The Morgan fingerprint density at radius 3 is 3.12 bits per heavy atom. The highest BCUT2D eigenvalue weighted by molar-refractivity contribution is 5.46. The summed E-state index contributed by atoms with van der Waals surface area (Å²) < 4.78 is 0. The number of hydrogen-bond donors (Lipinski definition) is 2. The van der Waals surface area contributed by atoms with Crippen LogP contribution in [0.5, 0.6) is 0 Å². The van der Waals surface area contributed by atoms with Gasteiger partial charge in [-0.1, -0.05) is 0 Å². The zero-order chi connectivity index (χ0) is 5.82. The summed E-state index contributed by atoms with van der Waals surface area (Å²) in [4.78, 5) is 9.66. The number of hydrazine groups is 1. The summed E-state index contributed by atoms with van der Waals surface area (Å²) in [6, 6.07) is 0. The van der Waals surface area contributed by atoms with E-state index in [-0.39, 0.29) is 0 Å². The zero-order valence-electron chi connectivity index (χ0n) is 4.48. The first kappa shape index (κ1) is 5.53. The Morgan fingerprint density at radius 2 is 2.62 bits per heavy atom. The number of nitrogens with zero attached hydrogens (tertiary/aromatic N) is 1. The number of rotatable bonds is 2. The van der Waals surface area contributed by atoms with Crippen LogP contribution in [0.2, 0.25) is 0 Å². The molecule has 1 saturated heterocycles. The van der Waals surface area contributed by atoms with E-state index in [2.05, 4.69) is 10.7 Å². The first-order valence-electron chi connectivity index (χ1n) is 2.52. The molecule has 0 spiro atoms. The van der Waals surface area contributed by atoms with Crippen molar-refractivity contribution in [3.05, 3.63) is 0 Å². The van der Waals surface area contributed by atoms with Crippen molar-refractivity contribution in [2.24, 2.45) is 0 Å². The molecule has 0 aromatic heterocycles. The molecule has 4 heteroatoms. The van der Waals surface area contributed by atoms with Crippen molar-refractivity contribution in [3.63, 3.8) is 0 Å². The summed E-state index contributed by atoms with van der Waals surface area (Å²) >= 11 is 0. The fourth-order valence-corrected chi connectivity index (χ4v) is 0.667. The van der Waals surface area contributed by atoms with E-state index in [1.165, 1.54) is 0 Å². The van der Waals surface area contributed by atoms with Crippen LogP contribution >= 0.6 is 0 Å². The molecule has 0 bridgehead atoms. The Morgan fingerprint density at radius 1 is 1.75 bits per heavy atom. The highest BCUT2D eigenvalue weighted by Crippen LogP contribution is 1.82. The first-order chi connectivity index (χ1) is 3.93. The van der Waals surface area contributed by atoms with Crippen LogP contribution in [-0.4, -0.2) is 31.2 Å². The van der Waals surface area contributed by atoms with Crippen molar-refractivity contribution in [2.45, 2.75) is 0 Å². The minimum atomic E-state index is 0.731. The second-order valence-electron chi connectivity index (χ2n) is 1.64. The molecule has 1 rings (SSSR count). The average Bonchev–Trinajstić information content (AvgIpc) is 2.19. The van der Waals surface area contributed by atoms with Gasteiger partial charge in [-0.05, 0) is 0 Å². The summed E-state index contributed by atoms with van der Waals surface area (Å²) in [5, 5.41) is 4.80. The van der Waals surface area contributed by atoms with Gasteiger partial charge in [0.1, 0.15) is 0 Å². The third-order valence-electron chi connectivity index (χ3n) is 1.06. The van der Waals surface area contributed by atoms with E-state index in [1.807, 2.05) is 0 Å². The first-order valence-corrected chi connectivity index (χ1v) is 2.52. The molecular weight excluding hydrogens is 106 g/mol. The smallest absolute Gasteiger partial charge is 0.302 e. The highest BCUT2D eigenvalue weighted by Gasteiger charge is 2.07. The van der Waals surface area contributed by atoms with Gasteiger partial charge in [0.05, 0.1) is 6.67 Å². The molecule has 0 aromatic carbocycles. The largest absolute Gasteiger partial charge is 0.325 e. The van der Waals surface area contributed by atoms with Crippen LogP contribution in [0.25, 0.3) is 0 Å². The molecular formula is C4H8N3O. The Kier molecular flexibility index (Phi) is 1.82. The van der Waals surface area contributed by atoms with Gasteiger partial charge in [-0.3, -0.25) is 10.2 Å². The molecule has 45 valence electrons. The molecule has 1 aliphatic rings. The maximum absolute atomic E-state index is 9.66. The summed E-state index contributed by atoms with van der Waals surface area (Å²) in [6.45, 7) is 2.54. The summed E-state index contributed by atoms with van der Waals surface area (Å²) in [7, 11) is 0. The van der Waals surface area contributed by atoms with Crippen molar-refractivity contribution in [3.8, 4) is 0 Å². The Bertz CT molecular complexity index is 79.4. The van der Waals surface area contributed by atoms with Gasteiger partial charge in [0.2, 0.25) is 0 Å². The van der Waals surface area contributed by atoms with Gasteiger partial charge in [-0.2, -0.15) is 0 Å². The third-order valence-corrected chi connectivity index (χ3v) is 1.06. The lowest BCUT2D eigenvalue weighted by atomic mass is 10.7. The molecule has 4 nitrogen and oxygen atoms in total. The fraction of sp³-hybridized carbons (Fsp3) is 0.750. The molecule has 1 fully saturated rings. The third kappa shape index (κ3) is 1.18. The zero-order valence-corrected chi connectivity index (χ0v) is 4.48. The second kappa shape index (κ2) is 2.64. The highest BCUT2D eigenvalue weighted by atomic mass is 16.1. The Hall–Kier alpha value is -0.610. The van der Waals surface area contributed by atoms with Crippen molar-refractivity contribution >= 4 is 6.41 Å². The monoisotopic (exact) mass is 114 g/mol. The van der Waals surface area contributed by atoms with Gasteiger partial charge >= 0.3 is 6.41 Å². The molecule has 8 heavy (non-hydrogen) atoms. The lowest BCUT2D eigenvalue weighted by Gasteiger charge is -2.08. The molecule has 1 radical (unpaired) electrons. The fourth-order valence-electron chi connectivity index (χ4n) is 0.667. The lowest BCUT2D eigenvalue weighted by molar-refractivity contribution is 0.284. The van der Waals surface area contributed by atoms with Crippen molar-refractivity contribution < 1.29 is 4.79 Å². The molecule has 0 atom stereocenters. The van der Waals surface area contributed by atoms with E-state index in [0.29, 0.717) is 0 Å². The van der Waals surface area contributed by atoms with Crippen LogP contribution in [0.1, 0.15) is 0 Å². The summed E-state index contributed by atoms with van der Waals surface area (Å²) in [6.07, 6.45) is 1.60. The summed E-state index contributed by atoms with van der Waals surface area (Å²) in [5.41, 5.74) is 2.41. The predicted molar refractivity (Wildman–Crippen MR) is 28.4 cm³/mol. The second-order valence-corrected chi connectivity index (χ2v) is 1.64. The van der Waals surface area contributed by atoms with Gasteiger partial charge in [-0.15, -0.1) is 0 Å². The van der Waals surface area contributed by atoms with Crippen LogP contribution in [-0.2, 0) is 4.79 Å². The van der Waals surface area contributed by atoms with Crippen LogP contribution < -0.4 is 10.7 Å². The average molecular weight is 114 g/mol. The molecule has 0 unspecified atom stereocenters. The van der Waals surface area contributed by atoms with E-state index < -0.39 is 0 Å². The Balaban J connectivity index is 2.14. The Labute approximate surface area is 47.8 Å². The topological polar surface area (TPSA) is 44.4 Å².